The fraction of sp³-hybridized carbons (Fsp3) is 0.636. The van der Waals surface area contributed by atoms with Crippen LogP contribution in [0.25, 0.3) is 0 Å². The van der Waals surface area contributed by atoms with Crippen molar-refractivity contribution in [2.75, 3.05) is 13.2 Å². The summed E-state index contributed by atoms with van der Waals surface area (Å²) >= 11 is 1.70. The van der Waals surface area contributed by atoms with E-state index in [1.165, 1.54) is 0 Å². The zero-order valence-electron chi connectivity index (χ0n) is 8.81. The average molecular weight is 228 g/mol. The van der Waals surface area contributed by atoms with Crippen LogP contribution in [0.15, 0.2) is 16.5 Å². The number of aliphatic hydroxyl groups excluding tert-OH is 1. The largest absolute Gasteiger partial charge is 0.465 e. The van der Waals surface area contributed by atoms with E-state index in [1.54, 1.807) is 11.8 Å². The van der Waals surface area contributed by atoms with Crippen LogP contribution in [0.1, 0.15) is 18.4 Å². The van der Waals surface area contributed by atoms with Gasteiger partial charge < -0.3 is 14.3 Å². The smallest absolute Gasteiger partial charge is 0.114 e. The first-order valence-electron chi connectivity index (χ1n) is 5.24. The number of ether oxygens (including phenoxy) is 1. The molecule has 0 aromatic carbocycles. The minimum atomic E-state index is -0.324. The Kier molecular flexibility index (Phi) is 3.72. The van der Waals surface area contributed by atoms with Crippen LogP contribution in [-0.4, -0.2) is 29.7 Å². The summed E-state index contributed by atoms with van der Waals surface area (Å²) in [7, 11) is 0. The number of rotatable bonds is 4. The molecule has 84 valence electrons. The van der Waals surface area contributed by atoms with Gasteiger partial charge in [-0.2, -0.15) is 0 Å². The molecule has 0 aliphatic carbocycles. The molecular formula is C11H16O3S. The van der Waals surface area contributed by atoms with Crippen molar-refractivity contribution in [2.45, 2.75) is 30.5 Å². The van der Waals surface area contributed by atoms with Gasteiger partial charge >= 0.3 is 0 Å². The van der Waals surface area contributed by atoms with Crippen LogP contribution < -0.4 is 0 Å². The third-order valence-corrected chi connectivity index (χ3v) is 3.83. The second-order valence-corrected chi connectivity index (χ2v) is 4.90. The van der Waals surface area contributed by atoms with Gasteiger partial charge in [0.25, 0.3) is 0 Å². The molecule has 1 fully saturated rings. The molecule has 1 aliphatic heterocycles. The van der Waals surface area contributed by atoms with Crippen molar-refractivity contribution in [3.8, 4) is 0 Å². The summed E-state index contributed by atoms with van der Waals surface area (Å²) in [6.07, 6.45) is 0.607. The SMILES string of the molecule is CCc1ccc(CSC2COCC2O)o1. The van der Waals surface area contributed by atoms with E-state index < -0.39 is 0 Å². The van der Waals surface area contributed by atoms with Crippen LogP contribution in [0.5, 0.6) is 0 Å². The van der Waals surface area contributed by atoms with Crippen molar-refractivity contribution in [1.29, 1.82) is 0 Å². The number of aryl methyl sites for hydroxylation is 1. The molecule has 2 atom stereocenters. The van der Waals surface area contributed by atoms with E-state index in [9.17, 15) is 5.11 Å². The highest BCUT2D eigenvalue weighted by molar-refractivity contribution is 7.99. The Hall–Kier alpha value is -0.450. The Morgan fingerprint density at radius 1 is 1.40 bits per heavy atom. The Morgan fingerprint density at radius 3 is 2.80 bits per heavy atom. The van der Waals surface area contributed by atoms with E-state index in [0.29, 0.717) is 13.2 Å². The zero-order chi connectivity index (χ0) is 10.7. The first-order chi connectivity index (χ1) is 7.29. The molecule has 15 heavy (non-hydrogen) atoms. The summed E-state index contributed by atoms with van der Waals surface area (Å²) in [6.45, 7) is 3.19. The van der Waals surface area contributed by atoms with Gasteiger partial charge in [0.1, 0.15) is 11.5 Å². The molecule has 0 spiro atoms. The minimum absolute atomic E-state index is 0.195. The number of hydrogen-bond acceptors (Lipinski definition) is 4. The fourth-order valence-electron chi connectivity index (χ4n) is 1.56. The van der Waals surface area contributed by atoms with E-state index in [2.05, 4.69) is 6.92 Å². The summed E-state index contributed by atoms with van der Waals surface area (Å²) < 4.78 is 10.8. The lowest BCUT2D eigenvalue weighted by Crippen LogP contribution is -2.20. The maximum Gasteiger partial charge on any atom is 0.114 e. The van der Waals surface area contributed by atoms with Crippen molar-refractivity contribution in [1.82, 2.24) is 0 Å². The van der Waals surface area contributed by atoms with Crippen molar-refractivity contribution in [2.24, 2.45) is 0 Å². The molecule has 2 unspecified atom stereocenters. The predicted molar refractivity (Wildman–Crippen MR) is 60.0 cm³/mol. The lowest BCUT2D eigenvalue weighted by atomic mass is 10.3. The van der Waals surface area contributed by atoms with E-state index >= 15 is 0 Å². The Morgan fingerprint density at radius 2 is 2.20 bits per heavy atom. The van der Waals surface area contributed by atoms with Crippen LogP contribution in [0.4, 0.5) is 0 Å². The van der Waals surface area contributed by atoms with Gasteiger partial charge in [0.15, 0.2) is 0 Å². The summed E-state index contributed by atoms with van der Waals surface area (Å²) in [5, 5.41) is 9.74. The molecule has 3 nitrogen and oxygen atoms in total. The normalized spacial score (nSPS) is 26.0. The van der Waals surface area contributed by atoms with Crippen LogP contribution in [0, 0.1) is 0 Å². The quantitative estimate of drug-likeness (QED) is 0.854. The monoisotopic (exact) mass is 228 g/mol. The number of hydrogen-bond donors (Lipinski definition) is 1. The molecule has 0 amide bonds. The highest BCUT2D eigenvalue weighted by Crippen LogP contribution is 2.25. The molecular weight excluding hydrogens is 212 g/mol. The molecule has 2 heterocycles. The lowest BCUT2D eigenvalue weighted by molar-refractivity contribution is 0.127. The van der Waals surface area contributed by atoms with E-state index in [4.69, 9.17) is 9.15 Å². The second-order valence-electron chi connectivity index (χ2n) is 3.68. The van der Waals surface area contributed by atoms with E-state index in [-0.39, 0.29) is 11.4 Å². The van der Waals surface area contributed by atoms with Crippen molar-refractivity contribution in [3.63, 3.8) is 0 Å². The third-order valence-electron chi connectivity index (χ3n) is 2.51. The molecule has 1 aromatic rings. The first kappa shape index (κ1) is 11.0. The van der Waals surface area contributed by atoms with Gasteiger partial charge in [-0.25, -0.2) is 0 Å². The van der Waals surface area contributed by atoms with Crippen molar-refractivity contribution >= 4 is 11.8 Å². The Balaban J connectivity index is 1.82. The van der Waals surface area contributed by atoms with Crippen LogP contribution in [0.2, 0.25) is 0 Å². The Labute approximate surface area is 93.8 Å². The van der Waals surface area contributed by atoms with E-state index in [0.717, 1.165) is 23.7 Å². The predicted octanol–water partition coefficient (Wildman–Crippen LogP) is 1.83. The van der Waals surface area contributed by atoms with Gasteiger partial charge in [-0.05, 0) is 12.1 Å². The summed E-state index contributed by atoms with van der Waals surface area (Å²) in [4.78, 5) is 0. The molecule has 1 N–H and O–H groups in total. The van der Waals surface area contributed by atoms with Crippen molar-refractivity contribution in [3.05, 3.63) is 23.7 Å². The summed E-state index contributed by atoms with van der Waals surface area (Å²) in [5.74, 6) is 2.82. The molecule has 0 saturated carbocycles. The van der Waals surface area contributed by atoms with Gasteiger partial charge in [0.2, 0.25) is 0 Å². The maximum absolute atomic E-state index is 9.54. The van der Waals surface area contributed by atoms with Gasteiger partial charge in [0.05, 0.1) is 30.3 Å². The molecule has 0 radical (unpaired) electrons. The van der Waals surface area contributed by atoms with Gasteiger partial charge in [-0.3, -0.25) is 0 Å². The molecule has 1 aromatic heterocycles. The standard InChI is InChI=1S/C11H16O3S/c1-2-8-3-4-9(14-8)7-15-11-6-13-5-10(11)12/h3-4,10-12H,2,5-7H2,1H3. The fourth-order valence-corrected chi connectivity index (χ4v) is 2.59. The molecule has 1 saturated heterocycles. The van der Waals surface area contributed by atoms with Gasteiger partial charge in [-0.1, -0.05) is 6.92 Å². The van der Waals surface area contributed by atoms with Gasteiger partial charge in [-0.15, -0.1) is 11.8 Å². The van der Waals surface area contributed by atoms with Gasteiger partial charge in [0, 0.05) is 6.42 Å². The molecule has 4 heteroatoms. The average Bonchev–Trinajstić information content (AvgIpc) is 2.84. The maximum atomic E-state index is 9.54. The summed E-state index contributed by atoms with van der Waals surface area (Å²) in [6, 6.07) is 4.02. The number of thioether (sulfide) groups is 1. The second kappa shape index (κ2) is 5.05. The van der Waals surface area contributed by atoms with Crippen LogP contribution in [-0.2, 0) is 16.9 Å². The van der Waals surface area contributed by atoms with Crippen LogP contribution >= 0.6 is 11.8 Å². The third kappa shape index (κ3) is 2.77. The zero-order valence-corrected chi connectivity index (χ0v) is 9.63. The van der Waals surface area contributed by atoms with E-state index in [1.807, 2.05) is 12.1 Å². The molecule has 1 aliphatic rings. The molecule has 0 bridgehead atoms. The van der Waals surface area contributed by atoms with Crippen molar-refractivity contribution < 1.29 is 14.3 Å². The Bertz CT molecular complexity index is 311. The highest BCUT2D eigenvalue weighted by atomic mass is 32.2. The topological polar surface area (TPSA) is 42.6 Å². The number of furan rings is 1. The molecule has 2 rings (SSSR count). The first-order valence-corrected chi connectivity index (χ1v) is 6.29. The highest BCUT2D eigenvalue weighted by Gasteiger charge is 2.26. The number of aliphatic hydroxyl groups is 1. The lowest BCUT2D eigenvalue weighted by Gasteiger charge is -2.10. The minimum Gasteiger partial charge on any atom is -0.465 e. The summed E-state index contributed by atoms with van der Waals surface area (Å²) in [5.41, 5.74) is 0. The van der Waals surface area contributed by atoms with Crippen LogP contribution in [0.3, 0.4) is 0 Å².